The number of hydrogen-bond donors (Lipinski definition) is 2. The Labute approximate surface area is 138 Å². The van der Waals surface area contributed by atoms with Crippen molar-refractivity contribution >= 4 is 11.9 Å². The van der Waals surface area contributed by atoms with E-state index in [9.17, 15) is 14.7 Å². The molecule has 0 heterocycles. The first-order chi connectivity index (χ1) is 10.7. The Bertz CT molecular complexity index is 534. The van der Waals surface area contributed by atoms with E-state index in [1.165, 1.54) is 0 Å². The fourth-order valence-corrected chi connectivity index (χ4v) is 2.26. The van der Waals surface area contributed by atoms with Crippen molar-refractivity contribution < 1.29 is 19.4 Å². The van der Waals surface area contributed by atoms with E-state index in [4.69, 9.17) is 4.74 Å². The number of carbonyl (C=O) groups is 2. The number of carboxylic acids is 1. The predicted molar refractivity (Wildman–Crippen MR) is 89.6 cm³/mol. The van der Waals surface area contributed by atoms with E-state index < -0.39 is 12.0 Å². The first-order valence-corrected chi connectivity index (χ1v) is 7.87. The quantitative estimate of drug-likeness (QED) is 0.771. The first-order valence-electron chi connectivity index (χ1n) is 7.87. The molecular formula is C18H27NO4. The molecule has 0 aliphatic carbocycles. The molecule has 0 aromatic heterocycles. The normalized spacial score (nSPS) is 12.5. The molecule has 1 rings (SSSR count). The highest BCUT2D eigenvalue weighted by atomic mass is 16.5. The van der Waals surface area contributed by atoms with Crippen molar-refractivity contribution in [3.8, 4) is 5.75 Å². The molecule has 0 radical (unpaired) electrons. The predicted octanol–water partition coefficient (Wildman–Crippen LogP) is 3.02. The maximum absolute atomic E-state index is 12.0. The van der Waals surface area contributed by atoms with Crippen LogP contribution in [-0.4, -0.2) is 30.1 Å². The number of aryl methyl sites for hydroxylation is 1. The Balaban J connectivity index is 2.54. The summed E-state index contributed by atoms with van der Waals surface area (Å²) in [6, 6.07) is 6.67. The molecule has 23 heavy (non-hydrogen) atoms. The third kappa shape index (κ3) is 7.17. The molecule has 1 unspecified atom stereocenters. The maximum Gasteiger partial charge on any atom is 0.326 e. The Morgan fingerprint density at radius 3 is 2.48 bits per heavy atom. The fourth-order valence-electron chi connectivity index (χ4n) is 2.26. The average molecular weight is 321 g/mol. The molecule has 2 N–H and O–H groups in total. The molecule has 0 bridgehead atoms. The minimum atomic E-state index is -0.986. The van der Waals surface area contributed by atoms with Crippen LogP contribution in [0.3, 0.4) is 0 Å². The van der Waals surface area contributed by atoms with E-state index in [-0.39, 0.29) is 17.7 Å². The first kappa shape index (κ1) is 19.0. The summed E-state index contributed by atoms with van der Waals surface area (Å²) >= 11 is 0. The molecule has 128 valence electrons. The lowest BCUT2D eigenvalue weighted by atomic mass is 9.88. The van der Waals surface area contributed by atoms with Crippen LogP contribution in [0.1, 0.15) is 45.6 Å². The largest absolute Gasteiger partial charge is 0.496 e. The standard InChI is InChI=1S/C18H27NO4/c1-18(2,3)12-11-14(17(21)22)19-16(20)10-9-13-7-5-6-8-15(13)23-4/h5-8,14H,9-12H2,1-4H3,(H,19,20)(H,21,22). The van der Waals surface area contributed by atoms with Crippen LogP contribution in [0.25, 0.3) is 0 Å². The van der Waals surface area contributed by atoms with Gasteiger partial charge >= 0.3 is 5.97 Å². The Morgan fingerprint density at radius 2 is 1.91 bits per heavy atom. The summed E-state index contributed by atoms with van der Waals surface area (Å²) in [5.41, 5.74) is 0.974. The zero-order valence-electron chi connectivity index (χ0n) is 14.4. The molecule has 0 aliphatic heterocycles. The smallest absolute Gasteiger partial charge is 0.326 e. The number of rotatable bonds is 8. The molecule has 1 aromatic rings. The van der Waals surface area contributed by atoms with Crippen molar-refractivity contribution in [2.45, 2.75) is 52.5 Å². The highest BCUT2D eigenvalue weighted by Crippen LogP contribution is 2.22. The summed E-state index contributed by atoms with van der Waals surface area (Å²) in [5.74, 6) is -0.500. The summed E-state index contributed by atoms with van der Waals surface area (Å²) < 4.78 is 5.25. The van der Waals surface area contributed by atoms with E-state index in [1.54, 1.807) is 7.11 Å². The van der Waals surface area contributed by atoms with Gasteiger partial charge in [0.05, 0.1) is 7.11 Å². The lowest BCUT2D eigenvalue weighted by Gasteiger charge is -2.21. The molecule has 0 fully saturated rings. The van der Waals surface area contributed by atoms with Crippen LogP contribution in [-0.2, 0) is 16.0 Å². The van der Waals surface area contributed by atoms with Crippen LogP contribution in [0.5, 0.6) is 5.75 Å². The van der Waals surface area contributed by atoms with Gasteiger partial charge < -0.3 is 15.2 Å². The molecule has 5 heteroatoms. The van der Waals surface area contributed by atoms with E-state index in [0.29, 0.717) is 12.8 Å². The van der Waals surface area contributed by atoms with Gasteiger partial charge in [-0.25, -0.2) is 4.79 Å². The van der Waals surface area contributed by atoms with Crippen molar-refractivity contribution in [3.05, 3.63) is 29.8 Å². The van der Waals surface area contributed by atoms with Crippen molar-refractivity contribution in [1.29, 1.82) is 0 Å². The molecular weight excluding hydrogens is 294 g/mol. The van der Waals surface area contributed by atoms with Crippen molar-refractivity contribution in [3.63, 3.8) is 0 Å². The van der Waals surface area contributed by atoms with Crippen LogP contribution in [0.15, 0.2) is 24.3 Å². The molecule has 0 saturated heterocycles. The van der Waals surface area contributed by atoms with E-state index >= 15 is 0 Å². The van der Waals surface area contributed by atoms with Crippen molar-refractivity contribution in [2.24, 2.45) is 5.41 Å². The van der Waals surface area contributed by atoms with E-state index in [2.05, 4.69) is 26.1 Å². The Kier molecular flexibility index (Phi) is 7.07. The minimum Gasteiger partial charge on any atom is -0.496 e. The van der Waals surface area contributed by atoms with Gasteiger partial charge in [0.15, 0.2) is 0 Å². The third-order valence-electron chi connectivity index (χ3n) is 3.63. The number of amides is 1. The minimum absolute atomic E-state index is 0.0375. The maximum atomic E-state index is 12.0. The zero-order valence-corrected chi connectivity index (χ0v) is 14.4. The summed E-state index contributed by atoms with van der Waals surface area (Å²) in [6.07, 6.45) is 1.91. The van der Waals surface area contributed by atoms with Gasteiger partial charge in [-0.2, -0.15) is 0 Å². The monoisotopic (exact) mass is 321 g/mol. The van der Waals surface area contributed by atoms with Crippen LogP contribution in [0, 0.1) is 5.41 Å². The van der Waals surface area contributed by atoms with Gasteiger partial charge in [-0.15, -0.1) is 0 Å². The summed E-state index contributed by atoms with van der Waals surface area (Å²) in [4.78, 5) is 23.3. The van der Waals surface area contributed by atoms with Gasteiger partial charge in [0.1, 0.15) is 11.8 Å². The molecule has 5 nitrogen and oxygen atoms in total. The number of carbonyl (C=O) groups excluding carboxylic acids is 1. The molecule has 1 aromatic carbocycles. The van der Waals surface area contributed by atoms with Crippen LogP contribution >= 0.6 is 0 Å². The second-order valence-corrected chi connectivity index (χ2v) is 6.87. The number of methoxy groups -OCH3 is 1. The van der Waals surface area contributed by atoms with Gasteiger partial charge in [0.25, 0.3) is 0 Å². The highest BCUT2D eigenvalue weighted by Gasteiger charge is 2.22. The molecule has 1 amide bonds. The SMILES string of the molecule is COc1ccccc1CCC(=O)NC(CCC(C)(C)C)C(=O)O. The van der Waals surface area contributed by atoms with Crippen molar-refractivity contribution in [1.82, 2.24) is 5.32 Å². The number of hydrogen-bond acceptors (Lipinski definition) is 3. The average Bonchev–Trinajstić information content (AvgIpc) is 2.48. The number of aliphatic carboxylic acids is 1. The Morgan fingerprint density at radius 1 is 1.26 bits per heavy atom. The topological polar surface area (TPSA) is 75.6 Å². The van der Waals surface area contributed by atoms with Crippen LogP contribution in [0.4, 0.5) is 0 Å². The van der Waals surface area contributed by atoms with E-state index in [1.807, 2.05) is 24.3 Å². The lowest BCUT2D eigenvalue weighted by Crippen LogP contribution is -2.41. The second kappa shape index (κ2) is 8.56. The molecule has 1 atom stereocenters. The third-order valence-corrected chi connectivity index (χ3v) is 3.63. The van der Waals surface area contributed by atoms with Gasteiger partial charge in [-0.1, -0.05) is 39.0 Å². The summed E-state index contributed by atoms with van der Waals surface area (Å²) in [7, 11) is 1.59. The molecule has 0 aliphatic rings. The number of benzene rings is 1. The second-order valence-electron chi connectivity index (χ2n) is 6.87. The summed E-state index contributed by atoms with van der Waals surface area (Å²) in [6.45, 7) is 6.15. The summed E-state index contributed by atoms with van der Waals surface area (Å²) in [5, 5.41) is 11.9. The van der Waals surface area contributed by atoms with Crippen LogP contribution in [0.2, 0.25) is 0 Å². The highest BCUT2D eigenvalue weighted by molar-refractivity contribution is 5.83. The van der Waals surface area contributed by atoms with Crippen molar-refractivity contribution in [2.75, 3.05) is 7.11 Å². The number of para-hydroxylation sites is 1. The number of nitrogens with one attached hydrogen (secondary N) is 1. The number of ether oxygens (including phenoxy) is 1. The van der Waals surface area contributed by atoms with Crippen LogP contribution < -0.4 is 10.1 Å². The number of carboxylic acid groups (broad SMARTS) is 1. The molecule has 0 saturated carbocycles. The molecule has 0 spiro atoms. The van der Waals surface area contributed by atoms with Gasteiger partial charge in [0, 0.05) is 6.42 Å². The van der Waals surface area contributed by atoms with Gasteiger partial charge in [-0.3, -0.25) is 4.79 Å². The van der Waals surface area contributed by atoms with Gasteiger partial charge in [0.2, 0.25) is 5.91 Å². The van der Waals surface area contributed by atoms with Gasteiger partial charge in [-0.05, 0) is 36.3 Å². The van der Waals surface area contributed by atoms with E-state index in [0.717, 1.165) is 17.7 Å². The fraction of sp³-hybridized carbons (Fsp3) is 0.556. The lowest BCUT2D eigenvalue weighted by molar-refractivity contribution is -0.142. The zero-order chi connectivity index (χ0) is 17.5. The Hall–Kier alpha value is -2.04.